The third-order valence-corrected chi connectivity index (χ3v) is 6.43. The van der Waals surface area contributed by atoms with Gasteiger partial charge >= 0.3 is 0 Å². The highest BCUT2D eigenvalue weighted by molar-refractivity contribution is 7.84. The van der Waals surface area contributed by atoms with Gasteiger partial charge in [-0.05, 0) is 43.4 Å². The van der Waals surface area contributed by atoms with Crippen LogP contribution in [0.1, 0.15) is 61.8 Å². The number of aromatic nitrogens is 1. The van der Waals surface area contributed by atoms with Crippen LogP contribution < -0.4 is 5.14 Å². The molecule has 1 unspecified atom stereocenters. The minimum atomic E-state index is -2.54. The second-order valence-electron chi connectivity index (χ2n) is 7.70. The lowest BCUT2D eigenvalue weighted by molar-refractivity contribution is -0.0868. The molecule has 0 spiro atoms. The summed E-state index contributed by atoms with van der Waals surface area (Å²) < 4.78 is 37.5. The first-order chi connectivity index (χ1) is 12.2. The van der Waals surface area contributed by atoms with Gasteiger partial charge in [0.25, 0.3) is 0 Å². The second kappa shape index (κ2) is 7.16. The van der Waals surface area contributed by atoms with E-state index in [2.05, 4.69) is 4.98 Å². The van der Waals surface area contributed by atoms with Gasteiger partial charge in [-0.25, -0.2) is 13.0 Å². The Morgan fingerprint density at radius 1 is 1.23 bits per heavy atom. The molecule has 0 bridgehead atoms. The predicted octanol–water partition coefficient (Wildman–Crippen LogP) is 4.52. The van der Waals surface area contributed by atoms with Gasteiger partial charge in [-0.1, -0.05) is 36.4 Å². The number of benzene rings is 1. The Morgan fingerprint density at radius 2 is 1.88 bits per heavy atom. The summed E-state index contributed by atoms with van der Waals surface area (Å²) in [6.07, 6.45) is 2.08. The summed E-state index contributed by atoms with van der Waals surface area (Å²) in [5.41, 5.74) is 2.76. The van der Waals surface area contributed by atoms with E-state index in [1.54, 1.807) is 6.20 Å². The molecule has 0 amide bonds. The van der Waals surface area contributed by atoms with Gasteiger partial charge in [0.05, 0.1) is 15.7 Å². The van der Waals surface area contributed by atoms with E-state index in [1.165, 1.54) is 0 Å². The van der Waals surface area contributed by atoms with Crippen LogP contribution in [0.4, 0.5) is 8.78 Å². The molecule has 1 aromatic heterocycles. The van der Waals surface area contributed by atoms with Gasteiger partial charge in [-0.2, -0.15) is 0 Å². The van der Waals surface area contributed by atoms with Crippen LogP contribution in [0.2, 0.25) is 0 Å². The van der Waals surface area contributed by atoms with Crippen LogP contribution in [0, 0.1) is 0 Å². The van der Waals surface area contributed by atoms with Crippen LogP contribution in [-0.2, 0) is 11.0 Å². The van der Waals surface area contributed by atoms with Crippen LogP contribution in [0.15, 0.2) is 48.7 Å². The van der Waals surface area contributed by atoms with Crippen molar-refractivity contribution in [3.63, 3.8) is 0 Å². The summed E-state index contributed by atoms with van der Waals surface area (Å²) in [7, 11) is -1.47. The van der Waals surface area contributed by atoms with Crippen LogP contribution in [0.25, 0.3) is 0 Å². The molecular formula is C20H24F2N2OS. The summed E-state index contributed by atoms with van der Waals surface area (Å²) in [5.74, 6) is -2.71. The maximum atomic E-state index is 13.1. The lowest BCUT2D eigenvalue weighted by Gasteiger charge is -2.35. The standard InChI is InChI=1S/C20H24F2N2OS/c1-19(2,26(23)25)12-17(14-6-4-3-5-7-14)18-9-8-15(13-24-18)16-10-20(21,22)11-16/h3-9,13,16-17H,10-12,23H2,1-2H3/t17-,26?/m0/s1. The Kier molecular flexibility index (Phi) is 5.26. The summed E-state index contributed by atoms with van der Waals surface area (Å²) in [6.45, 7) is 3.76. The molecule has 0 radical (unpaired) electrons. The summed E-state index contributed by atoms with van der Waals surface area (Å²) in [6, 6.07) is 13.7. The van der Waals surface area contributed by atoms with Gasteiger partial charge in [0, 0.05) is 30.7 Å². The fraction of sp³-hybridized carbons (Fsp3) is 0.450. The maximum Gasteiger partial charge on any atom is 0.249 e. The summed E-state index contributed by atoms with van der Waals surface area (Å²) in [5, 5.41) is 5.67. The minimum absolute atomic E-state index is 0.0596. The third kappa shape index (κ3) is 4.18. The number of hydrogen-bond donors (Lipinski definition) is 1. The molecule has 1 heterocycles. The molecule has 0 saturated heterocycles. The average molecular weight is 378 g/mol. The molecule has 6 heteroatoms. The Balaban J connectivity index is 1.86. The lowest BCUT2D eigenvalue weighted by atomic mass is 9.77. The molecule has 2 N–H and O–H groups in total. The largest absolute Gasteiger partial charge is 0.260 e. The Morgan fingerprint density at radius 3 is 2.38 bits per heavy atom. The van der Waals surface area contributed by atoms with Gasteiger partial charge in [-0.15, -0.1) is 0 Å². The minimum Gasteiger partial charge on any atom is -0.260 e. The molecule has 2 atom stereocenters. The Bertz CT molecular complexity index is 770. The highest BCUT2D eigenvalue weighted by Crippen LogP contribution is 2.48. The Hall–Kier alpha value is -1.66. The zero-order valence-corrected chi connectivity index (χ0v) is 15.8. The highest BCUT2D eigenvalue weighted by Gasteiger charge is 2.45. The van der Waals surface area contributed by atoms with Gasteiger partial charge in [0.1, 0.15) is 0 Å². The number of alkyl halides is 2. The van der Waals surface area contributed by atoms with E-state index in [9.17, 15) is 13.0 Å². The molecule has 1 aliphatic rings. The number of pyridine rings is 1. The van der Waals surface area contributed by atoms with Crippen molar-refractivity contribution in [3.05, 3.63) is 65.5 Å². The Labute approximate surface area is 155 Å². The zero-order chi connectivity index (χ0) is 18.9. The van der Waals surface area contributed by atoms with Gasteiger partial charge < -0.3 is 0 Å². The predicted molar refractivity (Wildman–Crippen MR) is 100 cm³/mol. The van der Waals surface area contributed by atoms with E-state index in [1.807, 2.05) is 56.3 Å². The topological polar surface area (TPSA) is 56.0 Å². The number of hydrogen-bond acceptors (Lipinski definition) is 2. The molecule has 140 valence electrons. The summed E-state index contributed by atoms with van der Waals surface area (Å²) >= 11 is 0. The zero-order valence-electron chi connectivity index (χ0n) is 15.0. The van der Waals surface area contributed by atoms with Gasteiger partial charge in [0.2, 0.25) is 5.92 Å². The van der Waals surface area contributed by atoms with Gasteiger partial charge in [0.15, 0.2) is 0 Å². The van der Waals surface area contributed by atoms with Crippen LogP contribution in [-0.4, -0.2) is 19.9 Å². The van der Waals surface area contributed by atoms with E-state index in [0.29, 0.717) is 6.42 Å². The molecule has 26 heavy (non-hydrogen) atoms. The quantitative estimate of drug-likeness (QED) is 0.804. The van der Waals surface area contributed by atoms with E-state index < -0.39 is 21.7 Å². The molecule has 0 aliphatic heterocycles. The maximum absolute atomic E-state index is 13.1. The lowest BCUT2D eigenvalue weighted by Crippen LogP contribution is -2.34. The average Bonchev–Trinajstić information content (AvgIpc) is 2.58. The monoisotopic (exact) mass is 378 g/mol. The van der Waals surface area contributed by atoms with Crippen LogP contribution in [0.3, 0.4) is 0 Å². The first-order valence-corrected chi connectivity index (χ1v) is 9.94. The molecular weight excluding hydrogens is 354 g/mol. The van der Waals surface area contributed by atoms with Gasteiger partial charge in [-0.3, -0.25) is 10.1 Å². The third-order valence-electron chi connectivity index (χ3n) is 5.17. The fourth-order valence-electron chi connectivity index (χ4n) is 3.41. The summed E-state index contributed by atoms with van der Waals surface area (Å²) in [4.78, 5) is 4.56. The number of nitrogens with zero attached hydrogens (tertiary/aromatic N) is 1. The fourth-order valence-corrected chi connectivity index (χ4v) is 3.74. The van der Waals surface area contributed by atoms with Crippen molar-refractivity contribution >= 4 is 11.0 Å². The van der Waals surface area contributed by atoms with E-state index in [0.717, 1.165) is 16.8 Å². The SMILES string of the molecule is CC(C)(C[C@@H](c1ccccc1)c1ccc(C2CC(F)(F)C2)cn1)S(N)=O. The molecule has 1 saturated carbocycles. The first-order valence-electron chi connectivity index (χ1n) is 8.73. The smallest absolute Gasteiger partial charge is 0.249 e. The van der Waals surface area contributed by atoms with Crippen LogP contribution >= 0.6 is 0 Å². The normalized spacial score (nSPS) is 19.6. The van der Waals surface area contributed by atoms with Crippen molar-refractivity contribution in [1.29, 1.82) is 0 Å². The molecule has 3 rings (SSSR count). The molecule has 2 aromatic rings. The molecule has 3 nitrogen and oxygen atoms in total. The van der Waals surface area contributed by atoms with Crippen molar-refractivity contribution in [1.82, 2.24) is 4.98 Å². The van der Waals surface area contributed by atoms with Crippen molar-refractivity contribution in [2.45, 2.75) is 55.6 Å². The molecule has 1 aliphatic carbocycles. The number of rotatable bonds is 6. The first kappa shape index (κ1) is 19.1. The molecule has 1 aromatic carbocycles. The number of nitrogens with two attached hydrogens (primary N) is 1. The van der Waals surface area contributed by atoms with Crippen LogP contribution in [0.5, 0.6) is 0 Å². The van der Waals surface area contributed by atoms with Crippen molar-refractivity contribution in [3.8, 4) is 0 Å². The van der Waals surface area contributed by atoms with E-state index in [-0.39, 0.29) is 24.7 Å². The second-order valence-corrected chi connectivity index (χ2v) is 9.40. The van der Waals surface area contributed by atoms with E-state index >= 15 is 0 Å². The molecule has 1 fully saturated rings. The number of halogens is 2. The van der Waals surface area contributed by atoms with Crippen molar-refractivity contribution in [2.24, 2.45) is 5.14 Å². The van der Waals surface area contributed by atoms with Crippen molar-refractivity contribution < 1.29 is 13.0 Å². The van der Waals surface area contributed by atoms with E-state index in [4.69, 9.17) is 5.14 Å². The highest BCUT2D eigenvalue weighted by atomic mass is 32.2. The van der Waals surface area contributed by atoms with Crippen molar-refractivity contribution in [2.75, 3.05) is 0 Å².